The third-order valence-corrected chi connectivity index (χ3v) is 2.99. The van der Waals surface area contributed by atoms with Crippen LogP contribution >= 0.6 is 11.6 Å². The van der Waals surface area contributed by atoms with Gasteiger partial charge >= 0.3 is 0 Å². The minimum atomic E-state index is 0.193. The van der Waals surface area contributed by atoms with Gasteiger partial charge in [-0.1, -0.05) is 28.9 Å². The zero-order valence-electron chi connectivity index (χ0n) is 9.75. The molecule has 3 aromatic rings. The lowest BCUT2D eigenvalue weighted by molar-refractivity contribution is 0.432. The fraction of sp³-hybridized carbons (Fsp3) is 0. The van der Waals surface area contributed by atoms with Crippen molar-refractivity contribution in [2.24, 2.45) is 0 Å². The average molecular weight is 273 g/mol. The van der Waals surface area contributed by atoms with Crippen LogP contribution in [-0.2, 0) is 0 Å². The summed E-state index contributed by atoms with van der Waals surface area (Å²) in [5.41, 5.74) is 1.46. The van der Waals surface area contributed by atoms with Gasteiger partial charge in [-0.2, -0.15) is 4.98 Å². The standard InChI is InChI=1S/C14H9ClN2O2/c15-12-4-2-1-3-11(12)14-16-13(17-19-14)9-5-7-10(18)8-6-9/h1-8,18H. The Bertz CT molecular complexity index is 707. The Labute approximate surface area is 114 Å². The molecule has 5 heteroatoms. The van der Waals surface area contributed by atoms with E-state index >= 15 is 0 Å². The topological polar surface area (TPSA) is 59.2 Å². The van der Waals surface area contributed by atoms with Gasteiger partial charge < -0.3 is 9.63 Å². The summed E-state index contributed by atoms with van der Waals surface area (Å²) in [4.78, 5) is 4.30. The maximum absolute atomic E-state index is 9.24. The van der Waals surface area contributed by atoms with Gasteiger partial charge in [0.05, 0.1) is 10.6 Å². The number of nitrogens with zero attached hydrogens (tertiary/aromatic N) is 2. The molecule has 0 spiro atoms. The number of halogens is 1. The molecule has 94 valence electrons. The van der Waals surface area contributed by atoms with Crippen LogP contribution in [0.5, 0.6) is 5.75 Å². The van der Waals surface area contributed by atoms with Crippen molar-refractivity contribution in [1.82, 2.24) is 10.1 Å². The monoisotopic (exact) mass is 272 g/mol. The molecule has 0 unspecified atom stereocenters. The van der Waals surface area contributed by atoms with Gasteiger partial charge in [0.1, 0.15) is 5.75 Å². The third kappa shape index (κ3) is 2.30. The second-order valence-corrected chi connectivity index (χ2v) is 4.36. The maximum Gasteiger partial charge on any atom is 0.259 e. The number of hydrogen-bond donors (Lipinski definition) is 1. The van der Waals surface area contributed by atoms with Crippen molar-refractivity contribution in [3.63, 3.8) is 0 Å². The summed E-state index contributed by atoms with van der Waals surface area (Å²) in [6.07, 6.45) is 0. The van der Waals surface area contributed by atoms with Gasteiger partial charge in [-0.3, -0.25) is 0 Å². The molecule has 0 atom stereocenters. The maximum atomic E-state index is 9.24. The normalized spacial score (nSPS) is 10.6. The van der Waals surface area contributed by atoms with E-state index in [0.717, 1.165) is 5.56 Å². The predicted molar refractivity (Wildman–Crippen MR) is 71.8 cm³/mol. The van der Waals surface area contributed by atoms with E-state index in [1.807, 2.05) is 18.2 Å². The molecule has 0 aliphatic rings. The van der Waals surface area contributed by atoms with Crippen LogP contribution in [0.25, 0.3) is 22.8 Å². The molecule has 0 amide bonds. The number of aromatic hydroxyl groups is 1. The highest BCUT2D eigenvalue weighted by molar-refractivity contribution is 6.33. The minimum absolute atomic E-state index is 0.193. The number of phenolic OH excluding ortho intramolecular Hbond substituents is 1. The first-order valence-corrected chi connectivity index (χ1v) is 6.00. The number of hydrogen-bond acceptors (Lipinski definition) is 4. The van der Waals surface area contributed by atoms with Crippen molar-refractivity contribution in [3.05, 3.63) is 53.6 Å². The molecule has 19 heavy (non-hydrogen) atoms. The van der Waals surface area contributed by atoms with Crippen molar-refractivity contribution in [3.8, 4) is 28.6 Å². The Morgan fingerprint density at radius 2 is 1.74 bits per heavy atom. The smallest absolute Gasteiger partial charge is 0.259 e. The first kappa shape index (κ1) is 11.7. The molecule has 0 bridgehead atoms. The number of phenols is 1. The Hall–Kier alpha value is -2.33. The van der Waals surface area contributed by atoms with Crippen LogP contribution in [0, 0.1) is 0 Å². The molecular formula is C14H9ClN2O2. The minimum Gasteiger partial charge on any atom is -0.508 e. The lowest BCUT2D eigenvalue weighted by atomic mass is 10.2. The zero-order chi connectivity index (χ0) is 13.2. The predicted octanol–water partition coefficient (Wildman–Crippen LogP) is 3.76. The molecule has 0 saturated heterocycles. The quantitative estimate of drug-likeness (QED) is 0.771. The van der Waals surface area contributed by atoms with Crippen molar-refractivity contribution >= 4 is 11.6 Å². The van der Waals surface area contributed by atoms with Crippen molar-refractivity contribution in [2.75, 3.05) is 0 Å². The van der Waals surface area contributed by atoms with Gasteiger partial charge in [-0.05, 0) is 36.4 Å². The SMILES string of the molecule is Oc1ccc(-c2noc(-c3ccccc3Cl)n2)cc1. The van der Waals surface area contributed by atoms with Gasteiger partial charge in [-0.25, -0.2) is 0 Å². The Morgan fingerprint density at radius 3 is 2.47 bits per heavy atom. The molecule has 0 saturated carbocycles. The van der Waals surface area contributed by atoms with Crippen LogP contribution in [0.1, 0.15) is 0 Å². The van der Waals surface area contributed by atoms with Crippen LogP contribution in [0.4, 0.5) is 0 Å². The highest BCUT2D eigenvalue weighted by Gasteiger charge is 2.12. The molecule has 1 aromatic heterocycles. The molecule has 0 fully saturated rings. The number of benzene rings is 2. The Morgan fingerprint density at radius 1 is 1.00 bits per heavy atom. The second kappa shape index (κ2) is 4.74. The number of aromatic nitrogens is 2. The van der Waals surface area contributed by atoms with Gasteiger partial charge in [0.2, 0.25) is 5.82 Å². The second-order valence-electron chi connectivity index (χ2n) is 3.95. The number of rotatable bonds is 2. The lowest BCUT2D eigenvalue weighted by Crippen LogP contribution is -1.81. The third-order valence-electron chi connectivity index (χ3n) is 2.66. The highest BCUT2D eigenvalue weighted by atomic mass is 35.5. The van der Waals surface area contributed by atoms with Gasteiger partial charge in [0.15, 0.2) is 0 Å². The highest BCUT2D eigenvalue weighted by Crippen LogP contribution is 2.28. The van der Waals surface area contributed by atoms with E-state index < -0.39 is 0 Å². The lowest BCUT2D eigenvalue weighted by Gasteiger charge is -1.96. The van der Waals surface area contributed by atoms with E-state index in [1.54, 1.807) is 30.3 Å². The van der Waals surface area contributed by atoms with E-state index in [4.69, 9.17) is 16.1 Å². The van der Waals surface area contributed by atoms with Gasteiger partial charge in [-0.15, -0.1) is 0 Å². The van der Waals surface area contributed by atoms with Crippen LogP contribution in [0.3, 0.4) is 0 Å². The van der Waals surface area contributed by atoms with E-state index in [1.165, 1.54) is 0 Å². The molecule has 1 N–H and O–H groups in total. The molecular weight excluding hydrogens is 264 g/mol. The first-order chi connectivity index (χ1) is 9.24. The van der Waals surface area contributed by atoms with E-state index in [9.17, 15) is 5.11 Å². The summed E-state index contributed by atoms with van der Waals surface area (Å²) in [6.45, 7) is 0. The van der Waals surface area contributed by atoms with Crippen LogP contribution in [-0.4, -0.2) is 15.2 Å². The van der Waals surface area contributed by atoms with Crippen molar-refractivity contribution in [2.45, 2.75) is 0 Å². The summed E-state index contributed by atoms with van der Waals surface area (Å²) in [5.74, 6) is 1.02. The molecule has 3 rings (SSSR count). The molecule has 0 aliphatic heterocycles. The fourth-order valence-corrected chi connectivity index (χ4v) is 1.91. The van der Waals surface area contributed by atoms with E-state index in [0.29, 0.717) is 22.3 Å². The molecule has 0 aliphatic carbocycles. The van der Waals surface area contributed by atoms with Crippen LogP contribution < -0.4 is 0 Å². The summed E-state index contributed by atoms with van der Waals surface area (Å²) in [7, 11) is 0. The average Bonchev–Trinajstić information content (AvgIpc) is 2.89. The fourth-order valence-electron chi connectivity index (χ4n) is 1.70. The van der Waals surface area contributed by atoms with E-state index in [2.05, 4.69) is 10.1 Å². The summed E-state index contributed by atoms with van der Waals surface area (Å²) in [5, 5.41) is 13.7. The molecule has 4 nitrogen and oxygen atoms in total. The van der Waals surface area contributed by atoms with Crippen LogP contribution in [0.2, 0.25) is 5.02 Å². The molecule has 1 heterocycles. The summed E-state index contributed by atoms with van der Waals surface area (Å²) in [6, 6.07) is 13.8. The van der Waals surface area contributed by atoms with Crippen molar-refractivity contribution < 1.29 is 9.63 Å². The van der Waals surface area contributed by atoms with Gasteiger partial charge in [0.25, 0.3) is 5.89 Å². The zero-order valence-corrected chi connectivity index (χ0v) is 10.5. The summed E-state index contributed by atoms with van der Waals surface area (Å²) >= 11 is 6.07. The Balaban J connectivity index is 2.00. The summed E-state index contributed by atoms with van der Waals surface area (Å²) < 4.78 is 5.21. The largest absolute Gasteiger partial charge is 0.508 e. The molecule has 2 aromatic carbocycles. The van der Waals surface area contributed by atoms with Crippen LogP contribution in [0.15, 0.2) is 53.1 Å². The Kier molecular flexibility index (Phi) is 2.93. The van der Waals surface area contributed by atoms with Gasteiger partial charge in [0, 0.05) is 5.56 Å². The first-order valence-electron chi connectivity index (χ1n) is 5.62. The van der Waals surface area contributed by atoms with Crippen molar-refractivity contribution in [1.29, 1.82) is 0 Å². The molecule has 0 radical (unpaired) electrons. The van der Waals surface area contributed by atoms with E-state index in [-0.39, 0.29) is 5.75 Å².